The number of nitrogens with zero attached hydrogens (tertiary/aromatic N) is 3. The molecule has 0 radical (unpaired) electrons. The highest BCUT2D eigenvalue weighted by Crippen LogP contribution is 2.68. The van der Waals surface area contributed by atoms with Gasteiger partial charge in [-0.25, -0.2) is 0 Å². The number of benzene rings is 6. The second-order valence-electron chi connectivity index (χ2n) is 25.3. The molecule has 3 aliphatic heterocycles. The van der Waals surface area contributed by atoms with E-state index in [-0.39, 0.29) is 32.5 Å². The van der Waals surface area contributed by atoms with E-state index in [0.717, 1.165) is 17.1 Å². The van der Waals surface area contributed by atoms with Crippen molar-refractivity contribution in [1.29, 1.82) is 0 Å². The number of rotatable bonds is 3. The molecule has 0 spiro atoms. The van der Waals surface area contributed by atoms with Gasteiger partial charge in [-0.2, -0.15) is 0 Å². The highest BCUT2D eigenvalue weighted by atomic mass is 32.4. The molecule has 3 nitrogen and oxygen atoms in total. The van der Waals surface area contributed by atoms with E-state index >= 15 is 0 Å². The maximum Gasteiger partial charge on any atom is 0.0576 e. The summed E-state index contributed by atoms with van der Waals surface area (Å²) in [6.45, 7) is 41.9. The molecule has 0 N–H and O–H groups in total. The van der Waals surface area contributed by atoms with Crippen LogP contribution in [0.2, 0.25) is 0 Å². The zero-order valence-electron chi connectivity index (χ0n) is 42.6. The van der Waals surface area contributed by atoms with Crippen LogP contribution in [0.3, 0.4) is 0 Å². The van der Waals surface area contributed by atoms with Crippen LogP contribution in [0.5, 0.6) is 0 Å². The lowest BCUT2D eigenvalue weighted by Gasteiger charge is -2.53. The van der Waals surface area contributed by atoms with Crippen molar-refractivity contribution in [3.8, 4) is 0 Å². The van der Waals surface area contributed by atoms with Crippen molar-refractivity contribution < 1.29 is 0 Å². The van der Waals surface area contributed by atoms with Crippen LogP contribution >= 0.6 is 6.04 Å². The van der Waals surface area contributed by atoms with Gasteiger partial charge in [0.05, 0.1) is 40.2 Å². The van der Waals surface area contributed by atoms with Crippen molar-refractivity contribution in [2.75, 3.05) is 14.7 Å². The van der Waals surface area contributed by atoms with Crippen LogP contribution in [0.4, 0.5) is 51.2 Å². The molecule has 0 bridgehead atoms. The monoisotopic (exact) mass is 898 g/mol. The molecule has 9 rings (SSSR count). The van der Waals surface area contributed by atoms with Gasteiger partial charge >= 0.3 is 0 Å². The third kappa shape index (κ3) is 7.32. The van der Waals surface area contributed by atoms with E-state index in [1.54, 1.807) is 0 Å². The Morgan fingerprint density at radius 2 is 0.446 bits per heavy atom. The second-order valence-corrected chi connectivity index (χ2v) is 29.5. The first-order valence-electron chi connectivity index (χ1n) is 23.8. The number of hydrogen-bond acceptors (Lipinski definition) is 4. The molecule has 0 aromatic heterocycles. The maximum atomic E-state index is 7.75. The van der Waals surface area contributed by atoms with Crippen LogP contribution in [-0.2, 0) is 44.3 Å². The minimum Gasteiger partial charge on any atom is -0.309 e. The largest absolute Gasteiger partial charge is 0.309 e. The normalized spacial score (nSPS) is 15.6. The SMILES string of the molecule is CC(C)(C)c1ccc(N2c3cc(C(C)(C)C)cc4c3P3(=S)c5c2cc(C(C)(C)C)cc5N(c2ccc(C(C)(C)C)cc2)c2cc(C(C)(C)C)cc(c23)N4c2ccc(C(C)(C)C)cc2)cc1. The standard InChI is InChI=1S/C60H72N3PS/c1-55(2,3)37-19-25-43(26-20-37)61-46-31-40(58(10,11)12)33-48-52(46)64(65)53-47(61)32-41(59(13,14)15)34-49(53)63(45-29-23-39(24-30-45)57(7,8)9)51-36-42(60(16,17)18)35-50(54(51)64)62(48)44-27-21-38(22-28-44)56(4,5)6/h19-36H,1-18H3. The van der Waals surface area contributed by atoms with Crippen LogP contribution in [0.25, 0.3) is 0 Å². The summed E-state index contributed by atoms with van der Waals surface area (Å²) < 4.78 is 0. The highest BCUT2D eigenvalue weighted by molar-refractivity contribution is 8.26. The van der Waals surface area contributed by atoms with Crippen molar-refractivity contribution in [3.63, 3.8) is 0 Å². The summed E-state index contributed by atoms with van der Waals surface area (Å²) in [7, 11) is 0. The van der Waals surface area contributed by atoms with Crippen LogP contribution < -0.4 is 30.6 Å². The molecule has 0 aliphatic carbocycles. The van der Waals surface area contributed by atoms with Gasteiger partial charge in [-0.05, 0) is 139 Å². The van der Waals surface area contributed by atoms with E-state index in [4.69, 9.17) is 11.8 Å². The van der Waals surface area contributed by atoms with Crippen LogP contribution in [0, 0.1) is 0 Å². The van der Waals surface area contributed by atoms with Crippen molar-refractivity contribution in [2.45, 2.75) is 157 Å². The summed E-state index contributed by atoms with van der Waals surface area (Å²) in [5, 5.41) is 3.87. The minimum atomic E-state index is -2.77. The average Bonchev–Trinajstić information content (AvgIpc) is 3.19. The van der Waals surface area contributed by atoms with Gasteiger partial charge in [-0.1, -0.05) is 173 Å². The van der Waals surface area contributed by atoms with Gasteiger partial charge in [0.25, 0.3) is 0 Å². The summed E-state index contributed by atoms with van der Waals surface area (Å²) >= 11 is 7.75. The van der Waals surface area contributed by atoms with E-state index in [2.05, 4.69) is 249 Å². The zero-order valence-corrected chi connectivity index (χ0v) is 44.3. The molecule has 0 unspecified atom stereocenters. The third-order valence-electron chi connectivity index (χ3n) is 14.2. The average molecular weight is 898 g/mol. The lowest BCUT2D eigenvalue weighted by molar-refractivity contribution is 0.589. The Morgan fingerprint density at radius 1 is 0.277 bits per heavy atom. The fourth-order valence-electron chi connectivity index (χ4n) is 9.99. The van der Waals surface area contributed by atoms with Gasteiger partial charge < -0.3 is 14.7 Å². The first-order chi connectivity index (χ1) is 29.9. The Labute approximate surface area is 397 Å². The van der Waals surface area contributed by atoms with E-state index in [1.807, 2.05) is 0 Å². The van der Waals surface area contributed by atoms with Gasteiger partial charge in [-0.3, -0.25) is 0 Å². The van der Waals surface area contributed by atoms with Gasteiger partial charge in [0, 0.05) is 33.0 Å². The molecule has 0 atom stereocenters. The van der Waals surface area contributed by atoms with Crippen LogP contribution in [0.1, 0.15) is 158 Å². The van der Waals surface area contributed by atoms with E-state index < -0.39 is 6.04 Å². The summed E-state index contributed by atoms with van der Waals surface area (Å²) in [4.78, 5) is 7.79. The quantitative estimate of drug-likeness (QED) is 0.163. The summed E-state index contributed by atoms with van der Waals surface area (Å²) in [5.74, 6) is 0. The van der Waals surface area contributed by atoms with Crippen molar-refractivity contribution in [3.05, 3.63) is 143 Å². The molecule has 338 valence electrons. The minimum absolute atomic E-state index is 0.0243. The summed E-state index contributed by atoms with van der Waals surface area (Å²) in [6.07, 6.45) is 0. The first-order valence-corrected chi connectivity index (χ1v) is 26.6. The van der Waals surface area contributed by atoms with Gasteiger partial charge in [-0.15, -0.1) is 0 Å². The fraction of sp³-hybridized carbons (Fsp3) is 0.400. The Bertz CT molecular complexity index is 2530. The third-order valence-corrected chi connectivity index (χ3v) is 19.1. The van der Waals surface area contributed by atoms with E-state index in [9.17, 15) is 0 Å². The Morgan fingerprint density at radius 3 is 0.600 bits per heavy atom. The lowest BCUT2D eigenvalue weighted by Crippen LogP contribution is -2.48. The Hall–Kier alpha value is -4.63. The Kier molecular flexibility index (Phi) is 10.1. The lowest BCUT2D eigenvalue weighted by atomic mass is 9.84. The maximum absolute atomic E-state index is 7.75. The number of anilines is 9. The molecule has 0 amide bonds. The fourth-order valence-corrected chi connectivity index (χ4v) is 15.3. The molecule has 3 heterocycles. The first kappa shape index (κ1) is 45.5. The van der Waals surface area contributed by atoms with Gasteiger partial charge in [0.2, 0.25) is 0 Å². The van der Waals surface area contributed by atoms with Gasteiger partial charge in [0.1, 0.15) is 0 Å². The van der Waals surface area contributed by atoms with E-state index in [1.165, 1.54) is 83.4 Å². The predicted molar refractivity (Wildman–Crippen MR) is 289 cm³/mol. The molecule has 65 heavy (non-hydrogen) atoms. The molecule has 6 aromatic rings. The molecule has 3 aliphatic rings. The predicted octanol–water partition coefficient (Wildman–Crippen LogP) is 16.6. The molecular weight excluding hydrogens is 826 g/mol. The van der Waals surface area contributed by atoms with Crippen molar-refractivity contribution >= 4 is 84.9 Å². The molecule has 0 fully saturated rings. The summed E-state index contributed by atoms with van der Waals surface area (Å²) in [5.41, 5.74) is 18.2. The molecular formula is C60H72N3PS. The zero-order chi connectivity index (χ0) is 47.4. The smallest absolute Gasteiger partial charge is 0.0576 e. The second kappa shape index (κ2) is 14.4. The van der Waals surface area contributed by atoms with Crippen LogP contribution in [0.15, 0.2) is 109 Å². The topological polar surface area (TPSA) is 9.72 Å². The number of hydrogen-bond donors (Lipinski definition) is 0. The molecule has 0 saturated carbocycles. The highest BCUT2D eigenvalue weighted by Gasteiger charge is 2.53. The van der Waals surface area contributed by atoms with Gasteiger partial charge in [0.15, 0.2) is 0 Å². The summed E-state index contributed by atoms with van der Waals surface area (Å²) in [6, 6.07) is 40.4. The Balaban J connectivity index is 1.50. The molecule has 5 heteroatoms. The van der Waals surface area contributed by atoms with Crippen LogP contribution in [-0.4, -0.2) is 0 Å². The van der Waals surface area contributed by atoms with Crippen molar-refractivity contribution in [1.82, 2.24) is 0 Å². The van der Waals surface area contributed by atoms with Crippen molar-refractivity contribution in [2.24, 2.45) is 0 Å². The van der Waals surface area contributed by atoms with E-state index in [0.29, 0.717) is 0 Å². The molecule has 0 saturated heterocycles. The molecule has 6 aromatic carbocycles.